The maximum Gasteiger partial charge on any atom is 0.361 e. The topological polar surface area (TPSA) is 11.3 Å². The third kappa shape index (κ3) is 3.09. The molecule has 1 heterocycles. The fraction of sp³-hybridized carbons (Fsp3) is 0.0385. The van der Waals surface area contributed by atoms with Crippen LogP contribution in [0.5, 0.6) is 0 Å². The van der Waals surface area contributed by atoms with E-state index in [1.165, 1.54) is 27.8 Å². The van der Waals surface area contributed by atoms with E-state index in [0.717, 1.165) is 23.5 Å². The second kappa shape index (κ2) is 6.69. The maximum atomic E-state index is 6.37. The fourth-order valence-corrected chi connectivity index (χ4v) is 3.64. The molecule has 0 bridgehead atoms. The van der Waals surface area contributed by atoms with E-state index in [9.17, 15) is 0 Å². The number of rotatable bonds is 3. The van der Waals surface area contributed by atoms with Crippen molar-refractivity contribution in [2.75, 3.05) is 0 Å². The molecule has 1 nitrogen and oxygen atoms in total. The van der Waals surface area contributed by atoms with Crippen molar-refractivity contribution in [1.29, 1.82) is 0 Å². The van der Waals surface area contributed by atoms with Gasteiger partial charge in [0, 0.05) is 12.0 Å². The van der Waals surface area contributed by atoms with Crippen LogP contribution in [0, 0.1) is 0 Å². The first-order chi connectivity index (χ1) is 13.4. The molecule has 4 aromatic rings. The Hall–Kier alpha value is -3.45. The van der Waals surface area contributed by atoms with Crippen molar-refractivity contribution in [3.8, 4) is 22.5 Å². The van der Waals surface area contributed by atoms with Gasteiger partial charge in [0.25, 0.3) is 0 Å². The van der Waals surface area contributed by atoms with Crippen molar-refractivity contribution in [3.05, 3.63) is 114 Å². The monoisotopic (exact) mass is 347 g/mol. The molecule has 5 rings (SSSR count). The van der Waals surface area contributed by atoms with Crippen LogP contribution in [0.3, 0.4) is 0 Å². The highest BCUT2D eigenvalue weighted by atomic mass is 16.3. The van der Waals surface area contributed by atoms with Crippen molar-refractivity contribution >= 4 is 11.6 Å². The lowest BCUT2D eigenvalue weighted by atomic mass is 10.0. The van der Waals surface area contributed by atoms with Crippen molar-refractivity contribution in [2.24, 2.45) is 0 Å². The molecule has 1 aliphatic rings. The van der Waals surface area contributed by atoms with Crippen molar-refractivity contribution in [2.45, 2.75) is 6.42 Å². The largest absolute Gasteiger partial charge is 0.361 e. The van der Waals surface area contributed by atoms with Crippen LogP contribution in [0.4, 0.5) is 0 Å². The third-order valence-electron chi connectivity index (χ3n) is 5.04. The van der Waals surface area contributed by atoms with Crippen LogP contribution in [0.1, 0.15) is 16.9 Å². The van der Waals surface area contributed by atoms with E-state index in [4.69, 9.17) is 4.42 Å². The van der Waals surface area contributed by atoms with Crippen LogP contribution in [-0.4, -0.2) is 0 Å². The molecule has 0 amide bonds. The molecule has 0 fully saturated rings. The molecule has 27 heavy (non-hydrogen) atoms. The zero-order valence-corrected chi connectivity index (χ0v) is 14.9. The maximum absolute atomic E-state index is 6.37. The summed E-state index contributed by atoms with van der Waals surface area (Å²) in [6, 6.07) is 33.6. The molecule has 0 aliphatic heterocycles. The van der Waals surface area contributed by atoms with Crippen LogP contribution < -0.4 is 0 Å². The van der Waals surface area contributed by atoms with Crippen molar-refractivity contribution in [1.82, 2.24) is 0 Å². The molecule has 1 aliphatic carbocycles. The third-order valence-corrected chi connectivity index (χ3v) is 5.04. The van der Waals surface area contributed by atoms with Gasteiger partial charge in [-0.2, -0.15) is 0 Å². The molecule has 1 aromatic heterocycles. The average Bonchev–Trinajstić information content (AvgIpc) is 3.19. The smallest absolute Gasteiger partial charge is 0.207 e. The molecule has 128 valence electrons. The highest BCUT2D eigenvalue weighted by Crippen LogP contribution is 2.36. The Labute approximate surface area is 159 Å². The van der Waals surface area contributed by atoms with Crippen LogP contribution in [0.25, 0.3) is 34.1 Å². The number of hydrogen-bond donors (Lipinski definition) is 0. The Kier molecular flexibility index (Phi) is 3.91. The lowest BCUT2D eigenvalue weighted by Gasteiger charge is -2.02. The minimum Gasteiger partial charge on any atom is -0.207 e. The van der Waals surface area contributed by atoms with E-state index >= 15 is 0 Å². The number of benzene rings is 3. The summed E-state index contributed by atoms with van der Waals surface area (Å²) in [5, 5.41) is 0. The Bertz CT molecular complexity index is 1070. The van der Waals surface area contributed by atoms with Gasteiger partial charge in [0.2, 0.25) is 0 Å². The lowest BCUT2D eigenvalue weighted by molar-refractivity contribution is 0.550. The molecule has 0 atom stereocenters. The standard InChI is InChI=1S/C26H19O/c1-3-9-19(10-4-1)23-17-25(20-11-5-2-6-12-20)27-26(18-23)24-15-21-13-7-8-14-22(21)16-24/h1-15,17-18H,16H2/q+1. The summed E-state index contributed by atoms with van der Waals surface area (Å²) in [7, 11) is 0. The van der Waals surface area contributed by atoms with E-state index in [1.807, 2.05) is 24.3 Å². The molecule has 0 saturated carbocycles. The predicted octanol–water partition coefficient (Wildman–Crippen LogP) is 6.99. The molecule has 3 aromatic carbocycles. The predicted molar refractivity (Wildman–Crippen MR) is 112 cm³/mol. The van der Waals surface area contributed by atoms with Crippen molar-refractivity contribution < 1.29 is 4.42 Å². The Morgan fingerprint density at radius 1 is 0.556 bits per heavy atom. The second-order valence-electron chi connectivity index (χ2n) is 6.85. The van der Waals surface area contributed by atoms with E-state index in [0.29, 0.717) is 0 Å². The summed E-state index contributed by atoms with van der Waals surface area (Å²) in [4.78, 5) is 0. The van der Waals surface area contributed by atoms with Gasteiger partial charge in [0.05, 0.1) is 23.3 Å². The van der Waals surface area contributed by atoms with E-state index in [1.54, 1.807) is 0 Å². The van der Waals surface area contributed by atoms with Crippen LogP contribution in [0.15, 0.2) is 101 Å². The van der Waals surface area contributed by atoms with Gasteiger partial charge in [0.15, 0.2) is 0 Å². The molecular weight excluding hydrogens is 328 g/mol. The Balaban J connectivity index is 1.66. The van der Waals surface area contributed by atoms with Gasteiger partial charge in [-0.3, -0.25) is 0 Å². The average molecular weight is 347 g/mol. The molecular formula is C26H19O+. The zero-order valence-electron chi connectivity index (χ0n) is 14.9. The summed E-state index contributed by atoms with van der Waals surface area (Å²) in [6.07, 6.45) is 3.16. The van der Waals surface area contributed by atoms with E-state index in [-0.39, 0.29) is 0 Å². The van der Waals surface area contributed by atoms with Crippen LogP contribution in [0.2, 0.25) is 0 Å². The molecule has 0 N–H and O–H groups in total. The minimum absolute atomic E-state index is 0.892. The van der Waals surface area contributed by atoms with Gasteiger partial charge in [-0.1, -0.05) is 72.8 Å². The molecule has 0 radical (unpaired) electrons. The summed E-state index contributed by atoms with van der Waals surface area (Å²) >= 11 is 0. The zero-order chi connectivity index (χ0) is 18.1. The summed E-state index contributed by atoms with van der Waals surface area (Å²) < 4.78 is 6.37. The highest BCUT2D eigenvalue weighted by molar-refractivity contribution is 5.88. The first-order valence-electron chi connectivity index (χ1n) is 9.25. The minimum atomic E-state index is 0.892. The number of allylic oxidation sites excluding steroid dienone is 1. The summed E-state index contributed by atoms with van der Waals surface area (Å²) in [5.74, 6) is 1.83. The van der Waals surface area contributed by atoms with Crippen LogP contribution >= 0.6 is 0 Å². The van der Waals surface area contributed by atoms with Crippen molar-refractivity contribution in [3.63, 3.8) is 0 Å². The van der Waals surface area contributed by atoms with Gasteiger partial charge in [-0.15, -0.1) is 0 Å². The number of fused-ring (bicyclic) bond motifs is 1. The summed E-state index contributed by atoms with van der Waals surface area (Å²) in [5.41, 5.74) is 7.33. The first kappa shape index (κ1) is 15.8. The number of hydrogen-bond acceptors (Lipinski definition) is 0. The van der Waals surface area contributed by atoms with E-state index < -0.39 is 0 Å². The lowest BCUT2D eigenvalue weighted by Crippen LogP contribution is -1.90. The Morgan fingerprint density at radius 3 is 1.93 bits per heavy atom. The van der Waals surface area contributed by atoms with Gasteiger partial charge in [0.1, 0.15) is 0 Å². The van der Waals surface area contributed by atoms with Crippen LogP contribution in [-0.2, 0) is 6.42 Å². The van der Waals surface area contributed by atoms with Gasteiger partial charge >= 0.3 is 11.5 Å². The Morgan fingerprint density at radius 2 is 1.19 bits per heavy atom. The van der Waals surface area contributed by atoms with E-state index in [2.05, 4.69) is 78.9 Å². The highest BCUT2D eigenvalue weighted by Gasteiger charge is 2.25. The quantitative estimate of drug-likeness (QED) is 0.363. The second-order valence-corrected chi connectivity index (χ2v) is 6.85. The molecule has 0 saturated heterocycles. The normalized spacial score (nSPS) is 12.5. The molecule has 0 spiro atoms. The fourth-order valence-electron chi connectivity index (χ4n) is 3.64. The molecule has 0 unspecified atom stereocenters. The molecule has 1 heteroatoms. The first-order valence-corrected chi connectivity index (χ1v) is 9.25. The summed E-state index contributed by atoms with van der Waals surface area (Å²) in [6.45, 7) is 0. The van der Waals surface area contributed by atoms with Gasteiger partial charge in [-0.05, 0) is 34.9 Å². The van der Waals surface area contributed by atoms with Gasteiger partial charge in [-0.25, -0.2) is 4.42 Å². The SMILES string of the molecule is C1=C(c2cc(-c3ccccc3)cc(-c3ccccc3)[o+]2)Cc2ccccc21. The van der Waals surface area contributed by atoms with Gasteiger partial charge < -0.3 is 0 Å².